The average molecular weight is 307 g/mol. The molecule has 0 fully saturated rings. The first kappa shape index (κ1) is 15.0. The number of aromatic nitrogens is 1. The van der Waals surface area contributed by atoms with E-state index in [0.29, 0.717) is 5.69 Å². The fourth-order valence-electron chi connectivity index (χ4n) is 2.38. The maximum atomic E-state index is 12.0. The van der Waals surface area contributed by atoms with E-state index in [1.807, 2.05) is 54.6 Å². The third kappa shape index (κ3) is 3.64. The molecule has 5 heteroatoms. The van der Waals surface area contributed by atoms with E-state index in [1.54, 1.807) is 12.4 Å². The molecule has 116 valence electrons. The minimum Gasteiger partial charge on any atom is -0.387 e. The van der Waals surface area contributed by atoms with Gasteiger partial charge in [-0.05, 0) is 17.7 Å². The number of aliphatic hydroxyl groups is 1. The highest BCUT2D eigenvalue weighted by atomic mass is 16.3. The maximum absolute atomic E-state index is 12.0. The molecule has 0 aliphatic heterocycles. The predicted molar refractivity (Wildman–Crippen MR) is 90.2 cm³/mol. The van der Waals surface area contributed by atoms with Gasteiger partial charge in [-0.25, -0.2) is 4.79 Å². The molecule has 0 aliphatic rings. The molecule has 1 atom stereocenters. The van der Waals surface area contributed by atoms with Gasteiger partial charge >= 0.3 is 6.03 Å². The molecule has 5 nitrogen and oxygen atoms in total. The molecular formula is C18H17N3O2. The van der Waals surface area contributed by atoms with Crippen molar-refractivity contribution in [2.75, 3.05) is 11.9 Å². The van der Waals surface area contributed by atoms with Crippen LogP contribution >= 0.6 is 0 Å². The average Bonchev–Trinajstić information content (AvgIpc) is 2.61. The van der Waals surface area contributed by atoms with Crippen LogP contribution in [0.25, 0.3) is 10.8 Å². The normalized spacial score (nSPS) is 11.9. The molecule has 0 spiro atoms. The van der Waals surface area contributed by atoms with Crippen molar-refractivity contribution in [1.82, 2.24) is 10.3 Å². The van der Waals surface area contributed by atoms with Gasteiger partial charge in [0.2, 0.25) is 0 Å². The molecule has 0 radical (unpaired) electrons. The van der Waals surface area contributed by atoms with Gasteiger partial charge in [0.05, 0.1) is 11.8 Å². The lowest BCUT2D eigenvalue weighted by Crippen LogP contribution is -2.32. The van der Waals surface area contributed by atoms with Crippen molar-refractivity contribution < 1.29 is 9.90 Å². The van der Waals surface area contributed by atoms with Crippen LogP contribution in [0.5, 0.6) is 0 Å². The molecule has 0 saturated heterocycles. The van der Waals surface area contributed by atoms with Crippen molar-refractivity contribution in [3.63, 3.8) is 0 Å². The van der Waals surface area contributed by atoms with Gasteiger partial charge in [-0.3, -0.25) is 4.98 Å². The molecule has 3 aromatic rings. The number of urea groups is 1. The van der Waals surface area contributed by atoms with Gasteiger partial charge < -0.3 is 15.7 Å². The standard InChI is InChI=1S/C18H17N3O2/c22-17(13-5-2-1-3-6-13)12-20-18(23)21-16-8-4-7-14-11-19-10-9-15(14)16/h1-11,17,22H,12H2,(H2,20,21,23). The highest BCUT2D eigenvalue weighted by Gasteiger charge is 2.10. The maximum Gasteiger partial charge on any atom is 0.319 e. The lowest BCUT2D eigenvalue weighted by molar-refractivity contribution is 0.175. The van der Waals surface area contributed by atoms with Gasteiger partial charge in [0.15, 0.2) is 0 Å². The van der Waals surface area contributed by atoms with Crippen LogP contribution in [-0.2, 0) is 0 Å². The van der Waals surface area contributed by atoms with E-state index in [4.69, 9.17) is 0 Å². The summed E-state index contributed by atoms with van der Waals surface area (Å²) in [5, 5.41) is 17.4. The van der Waals surface area contributed by atoms with Gasteiger partial charge in [0, 0.05) is 29.7 Å². The number of rotatable bonds is 4. The molecule has 2 aromatic carbocycles. The number of fused-ring (bicyclic) bond motifs is 1. The number of carbonyl (C=O) groups excluding carboxylic acids is 1. The molecule has 23 heavy (non-hydrogen) atoms. The van der Waals surface area contributed by atoms with Crippen molar-refractivity contribution in [2.24, 2.45) is 0 Å². The van der Waals surface area contributed by atoms with Gasteiger partial charge in [0.25, 0.3) is 0 Å². The monoisotopic (exact) mass is 307 g/mol. The highest BCUT2D eigenvalue weighted by Crippen LogP contribution is 2.22. The molecule has 1 aromatic heterocycles. The Morgan fingerprint density at radius 2 is 1.91 bits per heavy atom. The van der Waals surface area contributed by atoms with E-state index in [2.05, 4.69) is 15.6 Å². The zero-order valence-electron chi connectivity index (χ0n) is 12.4. The number of anilines is 1. The van der Waals surface area contributed by atoms with Gasteiger partial charge in [-0.15, -0.1) is 0 Å². The Balaban J connectivity index is 1.63. The quantitative estimate of drug-likeness (QED) is 0.693. The highest BCUT2D eigenvalue weighted by molar-refractivity contribution is 6.01. The number of aliphatic hydroxyl groups excluding tert-OH is 1. The SMILES string of the molecule is O=C(NCC(O)c1ccccc1)Nc1cccc2cnccc12. The third-order valence-corrected chi connectivity index (χ3v) is 3.57. The van der Waals surface area contributed by atoms with Crippen LogP contribution in [0.1, 0.15) is 11.7 Å². The second kappa shape index (κ2) is 6.89. The van der Waals surface area contributed by atoms with Crippen LogP contribution in [0.4, 0.5) is 10.5 Å². The zero-order valence-corrected chi connectivity index (χ0v) is 12.4. The van der Waals surface area contributed by atoms with Crippen LogP contribution in [0.3, 0.4) is 0 Å². The van der Waals surface area contributed by atoms with Crippen molar-refractivity contribution >= 4 is 22.5 Å². The van der Waals surface area contributed by atoms with Crippen LogP contribution in [0.15, 0.2) is 67.0 Å². The summed E-state index contributed by atoms with van der Waals surface area (Å²) in [7, 11) is 0. The summed E-state index contributed by atoms with van der Waals surface area (Å²) in [5.41, 5.74) is 1.47. The Labute approximate surface area is 134 Å². The Bertz CT molecular complexity index is 800. The number of hydrogen-bond acceptors (Lipinski definition) is 3. The number of nitrogens with zero attached hydrogens (tertiary/aromatic N) is 1. The van der Waals surface area contributed by atoms with E-state index in [0.717, 1.165) is 16.3 Å². The molecule has 0 aliphatic carbocycles. The fourth-order valence-corrected chi connectivity index (χ4v) is 2.38. The minimum atomic E-state index is -0.737. The minimum absolute atomic E-state index is 0.141. The van der Waals surface area contributed by atoms with E-state index >= 15 is 0 Å². The smallest absolute Gasteiger partial charge is 0.319 e. The first-order valence-electron chi connectivity index (χ1n) is 7.34. The Kier molecular flexibility index (Phi) is 4.49. The first-order chi connectivity index (χ1) is 11.2. The molecular weight excluding hydrogens is 290 g/mol. The lowest BCUT2D eigenvalue weighted by atomic mass is 10.1. The summed E-state index contributed by atoms with van der Waals surface area (Å²) >= 11 is 0. The van der Waals surface area contributed by atoms with E-state index in [1.165, 1.54) is 0 Å². The molecule has 0 saturated carbocycles. The van der Waals surface area contributed by atoms with Gasteiger partial charge in [-0.1, -0.05) is 42.5 Å². The third-order valence-electron chi connectivity index (χ3n) is 3.57. The largest absolute Gasteiger partial charge is 0.387 e. The summed E-state index contributed by atoms with van der Waals surface area (Å²) in [5.74, 6) is 0. The summed E-state index contributed by atoms with van der Waals surface area (Å²) in [6.07, 6.45) is 2.70. The number of nitrogens with one attached hydrogen (secondary N) is 2. The first-order valence-corrected chi connectivity index (χ1v) is 7.34. The second-order valence-electron chi connectivity index (χ2n) is 5.16. The second-order valence-corrected chi connectivity index (χ2v) is 5.16. The Morgan fingerprint density at radius 3 is 2.74 bits per heavy atom. The summed E-state index contributed by atoms with van der Waals surface area (Å²) in [6, 6.07) is 16.3. The van der Waals surface area contributed by atoms with Crippen LogP contribution < -0.4 is 10.6 Å². The van der Waals surface area contributed by atoms with Crippen LogP contribution in [0.2, 0.25) is 0 Å². The molecule has 3 rings (SSSR count). The Hall–Kier alpha value is -2.92. The van der Waals surface area contributed by atoms with E-state index in [9.17, 15) is 9.90 Å². The number of benzene rings is 2. The number of amides is 2. The summed E-state index contributed by atoms with van der Waals surface area (Å²) < 4.78 is 0. The van der Waals surface area contributed by atoms with Gasteiger partial charge in [0.1, 0.15) is 0 Å². The molecule has 0 bridgehead atoms. The Morgan fingerprint density at radius 1 is 1.09 bits per heavy atom. The van der Waals surface area contributed by atoms with Gasteiger partial charge in [-0.2, -0.15) is 0 Å². The van der Waals surface area contributed by atoms with Crippen molar-refractivity contribution in [3.05, 3.63) is 72.6 Å². The zero-order chi connectivity index (χ0) is 16.1. The molecule has 1 unspecified atom stereocenters. The lowest BCUT2D eigenvalue weighted by Gasteiger charge is -2.13. The van der Waals surface area contributed by atoms with E-state index in [-0.39, 0.29) is 12.6 Å². The van der Waals surface area contributed by atoms with Crippen molar-refractivity contribution in [1.29, 1.82) is 0 Å². The molecule has 3 N–H and O–H groups in total. The summed E-state index contributed by atoms with van der Waals surface area (Å²) in [6.45, 7) is 0.141. The summed E-state index contributed by atoms with van der Waals surface area (Å²) in [4.78, 5) is 16.1. The van der Waals surface area contributed by atoms with E-state index < -0.39 is 6.10 Å². The number of pyridine rings is 1. The fraction of sp³-hybridized carbons (Fsp3) is 0.111. The topological polar surface area (TPSA) is 74.2 Å². The predicted octanol–water partition coefficient (Wildman–Crippen LogP) is 3.09. The van der Waals surface area contributed by atoms with Crippen LogP contribution in [-0.4, -0.2) is 22.7 Å². The van der Waals surface area contributed by atoms with Crippen molar-refractivity contribution in [2.45, 2.75) is 6.10 Å². The van der Waals surface area contributed by atoms with Crippen molar-refractivity contribution in [3.8, 4) is 0 Å². The number of carbonyl (C=O) groups is 1. The van der Waals surface area contributed by atoms with Crippen LogP contribution in [0, 0.1) is 0 Å². The molecule has 2 amide bonds. The number of hydrogen-bond donors (Lipinski definition) is 3. The molecule has 1 heterocycles.